The van der Waals surface area contributed by atoms with Crippen LogP contribution in [-0.2, 0) is 22.1 Å². The van der Waals surface area contributed by atoms with Crippen molar-refractivity contribution in [2.24, 2.45) is 0 Å². The highest BCUT2D eigenvalue weighted by molar-refractivity contribution is 6.74. The molecule has 0 fully saturated rings. The van der Waals surface area contributed by atoms with Crippen molar-refractivity contribution in [1.82, 2.24) is 9.88 Å². The number of fused-ring (bicyclic) bond motifs is 1. The van der Waals surface area contributed by atoms with Crippen molar-refractivity contribution in [3.05, 3.63) is 28.5 Å². The van der Waals surface area contributed by atoms with E-state index in [0.717, 1.165) is 17.7 Å². The van der Waals surface area contributed by atoms with Crippen LogP contribution in [0.4, 0.5) is 4.79 Å². The van der Waals surface area contributed by atoms with Crippen LogP contribution in [0.15, 0.2) is 12.1 Å². The lowest BCUT2D eigenvalue weighted by molar-refractivity contribution is -0.0148. The average Bonchev–Trinajstić information content (AvgIpc) is 2.61. The second-order valence-electron chi connectivity index (χ2n) is 10.9. The largest absolute Gasteiger partial charge is 0.444 e. The maximum Gasteiger partial charge on any atom is 0.410 e. The molecule has 6 nitrogen and oxygen atoms in total. The fraction of sp³-hybridized carbons (Fsp3) is 0.739. The summed E-state index contributed by atoms with van der Waals surface area (Å²) in [5.74, 6) is 0. The summed E-state index contributed by atoms with van der Waals surface area (Å²) in [5, 5.41) is 11.6. The number of rotatable bonds is 6. The highest BCUT2D eigenvalue weighted by atomic mass is 35.5. The van der Waals surface area contributed by atoms with E-state index >= 15 is 0 Å². The number of ether oxygens (including phenoxy) is 1. The van der Waals surface area contributed by atoms with Gasteiger partial charge in [0.15, 0.2) is 8.32 Å². The van der Waals surface area contributed by atoms with Crippen molar-refractivity contribution in [2.75, 3.05) is 6.61 Å². The van der Waals surface area contributed by atoms with Crippen molar-refractivity contribution < 1.29 is 19.1 Å². The molecule has 1 aromatic rings. The van der Waals surface area contributed by atoms with E-state index in [1.165, 1.54) is 0 Å². The van der Waals surface area contributed by atoms with E-state index in [1.807, 2.05) is 26.8 Å². The molecule has 0 saturated heterocycles. The normalized spacial score (nSPS) is 18.5. The zero-order valence-corrected chi connectivity index (χ0v) is 22.0. The summed E-state index contributed by atoms with van der Waals surface area (Å²) in [6.07, 6.45) is 0.579. The van der Waals surface area contributed by atoms with E-state index in [9.17, 15) is 9.90 Å². The number of carbonyl (C=O) groups is 1. The smallest absolute Gasteiger partial charge is 0.410 e. The van der Waals surface area contributed by atoms with Crippen LogP contribution < -0.4 is 0 Å². The van der Waals surface area contributed by atoms with Crippen LogP contribution in [0.1, 0.15) is 65.6 Å². The third kappa shape index (κ3) is 7.17. The maximum atomic E-state index is 12.9. The first-order valence-electron chi connectivity index (χ1n) is 11.1. The molecule has 1 aromatic heterocycles. The van der Waals surface area contributed by atoms with Crippen LogP contribution in [0.3, 0.4) is 0 Å². The van der Waals surface area contributed by atoms with Crippen molar-refractivity contribution in [3.8, 4) is 0 Å². The molecule has 2 rings (SSSR count). The summed E-state index contributed by atoms with van der Waals surface area (Å²) in [6, 6.07) is 3.20. The lowest BCUT2D eigenvalue weighted by atomic mass is 9.93. The molecule has 0 saturated carbocycles. The van der Waals surface area contributed by atoms with Crippen molar-refractivity contribution >= 4 is 26.0 Å². The number of pyridine rings is 1. The van der Waals surface area contributed by atoms with E-state index in [-0.39, 0.29) is 5.04 Å². The predicted molar refractivity (Wildman–Crippen MR) is 127 cm³/mol. The minimum atomic E-state index is -1.82. The Bertz CT molecular complexity index is 774. The standard InChI is InChI=1S/C23H39ClN2O4Si/c1-22(2,3)30-21(28)26-15-16-11-12-20(24)25-17(16)14-18(26)19(27)10-9-13-29-31(7,8)23(4,5)6/h11-12,18-19,27H,9-10,13-15H2,1-8H3. The van der Waals surface area contributed by atoms with Crippen molar-refractivity contribution in [2.45, 2.75) is 103 Å². The minimum Gasteiger partial charge on any atom is -0.444 e. The lowest BCUT2D eigenvalue weighted by Gasteiger charge is -2.40. The summed E-state index contributed by atoms with van der Waals surface area (Å²) in [4.78, 5) is 19.0. The van der Waals surface area contributed by atoms with Crippen LogP contribution in [-0.4, -0.2) is 53.8 Å². The van der Waals surface area contributed by atoms with Gasteiger partial charge in [-0.2, -0.15) is 0 Å². The number of carbonyl (C=O) groups excluding carboxylic acids is 1. The monoisotopic (exact) mass is 470 g/mol. The molecule has 8 heteroatoms. The topological polar surface area (TPSA) is 71.9 Å². The molecule has 1 aliphatic heterocycles. The molecule has 1 aliphatic rings. The summed E-state index contributed by atoms with van der Waals surface area (Å²) in [5.41, 5.74) is 1.15. The maximum absolute atomic E-state index is 12.9. The predicted octanol–water partition coefficient (Wildman–Crippen LogP) is 5.56. The molecule has 0 bridgehead atoms. The van der Waals surface area contributed by atoms with Gasteiger partial charge in [-0.1, -0.05) is 38.4 Å². The van der Waals surface area contributed by atoms with E-state index in [4.69, 9.17) is 20.8 Å². The average molecular weight is 471 g/mol. The third-order valence-electron chi connectivity index (χ3n) is 6.16. The van der Waals surface area contributed by atoms with Gasteiger partial charge in [0.05, 0.1) is 18.7 Å². The van der Waals surface area contributed by atoms with Crippen LogP contribution >= 0.6 is 11.6 Å². The highest BCUT2D eigenvalue weighted by Gasteiger charge is 2.39. The summed E-state index contributed by atoms with van der Waals surface area (Å²) >= 11 is 6.08. The van der Waals surface area contributed by atoms with Gasteiger partial charge < -0.3 is 14.3 Å². The molecule has 2 unspecified atom stereocenters. The Hall–Kier alpha value is -1.15. The zero-order chi connectivity index (χ0) is 23.6. The number of nitrogens with zero attached hydrogens (tertiary/aromatic N) is 2. The Morgan fingerprint density at radius 2 is 1.94 bits per heavy atom. The van der Waals surface area contributed by atoms with Crippen molar-refractivity contribution in [1.29, 1.82) is 0 Å². The first-order valence-corrected chi connectivity index (χ1v) is 14.4. The van der Waals surface area contributed by atoms with Crippen LogP contribution in [0.2, 0.25) is 23.3 Å². The third-order valence-corrected chi connectivity index (χ3v) is 10.9. The molecule has 2 atom stereocenters. The molecular weight excluding hydrogens is 432 g/mol. The summed E-state index contributed by atoms with van der Waals surface area (Å²) in [7, 11) is -1.82. The van der Waals surface area contributed by atoms with E-state index in [2.05, 4.69) is 38.8 Å². The second-order valence-corrected chi connectivity index (χ2v) is 16.1. The molecule has 31 heavy (non-hydrogen) atoms. The highest BCUT2D eigenvalue weighted by Crippen LogP contribution is 2.36. The Morgan fingerprint density at radius 1 is 1.29 bits per heavy atom. The van der Waals surface area contributed by atoms with Gasteiger partial charge in [0.2, 0.25) is 0 Å². The zero-order valence-electron chi connectivity index (χ0n) is 20.3. The van der Waals surface area contributed by atoms with Gasteiger partial charge >= 0.3 is 6.09 Å². The SMILES string of the molecule is CC(C)(C)OC(=O)N1Cc2ccc(Cl)nc2CC1C(O)CCCO[Si](C)(C)C(C)(C)C. The molecule has 1 amide bonds. The van der Waals surface area contributed by atoms with Gasteiger partial charge in [0.25, 0.3) is 0 Å². The number of halogens is 1. The second kappa shape index (κ2) is 9.77. The Labute approximate surface area is 193 Å². The van der Waals surface area contributed by atoms with Gasteiger partial charge in [0.1, 0.15) is 10.8 Å². The summed E-state index contributed by atoms with van der Waals surface area (Å²) in [6.45, 7) is 17.6. The number of hydrogen-bond donors (Lipinski definition) is 1. The first-order chi connectivity index (χ1) is 14.1. The number of amides is 1. The molecule has 0 aromatic carbocycles. The van der Waals surface area contributed by atoms with Crippen LogP contribution in [0.25, 0.3) is 0 Å². The first kappa shape index (κ1) is 26.1. The van der Waals surface area contributed by atoms with Gasteiger partial charge in [-0.15, -0.1) is 0 Å². The van der Waals surface area contributed by atoms with E-state index in [0.29, 0.717) is 31.1 Å². The molecule has 0 aliphatic carbocycles. The molecule has 0 radical (unpaired) electrons. The number of aromatic nitrogens is 1. The fourth-order valence-electron chi connectivity index (χ4n) is 3.33. The van der Waals surface area contributed by atoms with Gasteiger partial charge in [-0.05, 0) is 63.4 Å². The molecule has 176 valence electrons. The number of hydrogen-bond acceptors (Lipinski definition) is 5. The Kier molecular flexibility index (Phi) is 8.23. The molecular formula is C23H39ClN2O4Si. The lowest BCUT2D eigenvalue weighted by Crippen LogP contribution is -2.52. The fourth-order valence-corrected chi connectivity index (χ4v) is 4.58. The Morgan fingerprint density at radius 3 is 2.52 bits per heavy atom. The van der Waals surface area contributed by atoms with E-state index < -0.39 is 32.2 Å². The number of aliphatic hydroxyl groups is 1. The van der Waals surface area contributed by atoms with Crippen molar-refractivity contribution in [3.63, 3.8) is 0 Å². The Balaban J connectivity index is 2.09. The molecule has 2 heterocycles. The minimum absolute atomic E-state index is 0.150. The summed E-state index contributed by atoms with van der Waals surface area (Å²) < 4.78 is 11.9. The van der Waals surface area contributed by atoms with Crippen LogP contribution in [0, 0.1) is 0 Å². The van der Waals surface area contributed by atoms with E-state index in [1.54, 1.807) is 11.0 Å². The molecule has 1 N–H and O–H groups in total. The number of aliphatic hydroxyl groups excluding tert-OH is 1. The quantitative estimate of drug-likeness (QED) is 0.334. The van der Waals surface area contributed by atoms with Gasteiger partial charge in [-0.25, -0.2) is 9.78 Å². The van der Waals surface area contributed by atoms with Crippen LogP contribution in [0.5, 0.6) is 0 Å². The van der Waals surface area contributed by atoms with Gasteiger partial charge in [-0.3, -0.25) is 4.90 Å². The van der Waals surface area contributed by atoms with Gasteiger partial charge in [0, 0.05) is 18.7 Å². The molecule has 0 spiro atoms.